The van der Waals surface area contributed by atoms with Gasteiger partial charge in [0.15, 0.2) is 0 Å². The molecule has 3 heterocycles. The molecule has 0 bridgehead atoms. The summed E-state index contributed by atoms with van der Waals surface area (Å²) >= 11 is 5.88. The van der Waals surface area contributed by atoms with Gasteiger partial charge < -0.3 is 9.80 Å². The predicted molar refractivity (Wildman–Crippen MR) is 102 cm³/mol. The lowest BCUT2D eigenvalue weighted by atomic mass is 9.95. The van der Waals surface area contributed by atoms with Crippen LogP contribution < -0.4 is 5.32 Å². The number of piperidine rings is 1. The molecule has 28 heavy (non-hydrogen) atoms. The Kier molecular flexibility index (Phi) is 5.03. The predicted octanol–water partition coefficient (Wildman–Crippen LogP) is 2.44. The molecule has 2 aromatic rings. The fourth-order valence-electron chi connectivity index (χ4n) is 3.95. The molecule has 2 amide bonds. The van der Waals surface area contributed by atoms with Crippen molar-refractivity contribution in [2.45, 2.75) is 25.0 Å². The van der Waals surface area contributed by atoms with Gasteiger partial charge in [-0.1, -0.05) is 29.8 Å². The van der Waals surface area contributed by atoms with Crippen LogP contribution in [0.4, 0.5) is 4.39 Å². The van der Waals surface area contributed by atoms with E-state index in [-0.39, 0.29) is 35.9 Å². The van der Waals surface area contributed by atoms with E-state index in [1.807, 2.05) is 0 Å². The molecule has 2 saturated heterocycles. The molecule has 1 aromatic carbocycles. The number of likely N-dealkylation sites (tertiary alicyclic amines) is 1. The Bertz CT molecular complexity index is 915. The Labute approximate surface area is 167 Å². The first-order valence-electron chi connectivity index (χ1n) is 9.18. The summed E-state index contributed by atoms with van der Waals surface area (Å²) in [5.41, 5.74) is 0.435. The van der Waals surface area contributed by atoms with E-state index >= 15 is 0 Å². The molecule has 1 N–H and O–H groups in total. The average Bonchev–Trinajstić information content (AvgIpc) is 2.99. The zero-order valence-corrected chi connectivity index (χ0v) is 16.0. The lowest BCUT2D eigenvalue weighted by Gasteiger charge is -2.44. The van der Waals surface area contributed by atoms with E-state index in [4.69, 9.17) is 11.6 Å². The van der Waals surface area contributed by atoms with Crippen molar-refractivity contribution in [2.24, 2.45) is 0 Å². The number of aromatic nitrogens is 1. The number of amides is 2. The summed E-state index contributed by atoms with van der Waals surface area (Å²) in [6.07, 6.45) is 2.67. The van der Waals surface area contributed by atoms with E-state index < -0.39 is 5.66 Å². The Morgan fingerprint density at radius 3 is 2.71 bits per heavy atom. The molecule has 2 fully saturated rings. The molecule has 6 nitrogen and oxygen atoms in total. The lowest BCUT2D eigenvalue weighted by Crippen LogP contribution is -2.59. The number of nitrogens with one attached hydrogen (secondary N) is 1. The van der Waals surface area contributed by atoms with Gasteiger partial charge in [-0.15, -0.1) is 0 Å². The number of hydrogen-bond acceptors (Lipinski definition) is 4. The molecule has 0 unspecified atom stereocenters. The second kappa shape index (κ2) is 7.48. The first kappa shape index (κ1) is 18.8. The van der Waals surface area contributed by atoms with E-state index in [9.17, 15) is 14.0 Å². The molecule has 2 aliphatic rings. The SMILES string of the molecule is O=C(c1ccnc(Cl)c1)N1CCC2(CC1)NCC(=O)N2Cc1ccccc1F. The standard InChI is InChI=1S/C20H20ClFN4O2/c21-17-11-14(5-8-23-17)19(28)25-9-6-20(7-10-25)24-12-18(27)26(20)13-15-3-1-2-4-16(15)22/h1-5,8,11,24H,6-7,9-10,12-13H2. The lowest BCUT2D eigenvalue weighted by molar-refractivity contribution is -0.132. The van der Waals surface area contributed by atoms with Crippen LogP contribution in [0, 0.1) is 5.82 Å². The second-order valence-electron chi connectivity index (χ2n) is 7.12. The van der Waals surface area contributed by atoms with Crippen LogP contribution in [0.3, 0.4) is 0 Å². The van der Waals surface area contributed by atoms with Gasteiger partial charge in [0.1, 0.15) is 11.0 Å². The van der Waals surface area contributed by atoms with Gasteiger partial charge in [-0.25, -0.2) is 9.37 Å². The minimum atomic E-state index is -0.550. The van der Waals surface area contributed by atoms with Crippen molar-refractivity contribution >= 4 is 23.4 Å². The number of pyridine rings is 1. The molecule has 0 saturated carbocycles. The van der Waals surface area contributed by atoms with Crippen LogP contribution in [0.2, 0.25) is 5.15 Å². The smallest absolute Gasteiger partial charge is 0.254 e. The zero-order chi connectivity index (χ0) is 19.7. The maximum Gasteiger partial charge on any atom is 0.254 e. The summed E-state index contributed by atoms with van der Waals surface area (Å²) in [7, 11) is 0. The fraction of sp³-hybridized carbons (Fsp3) is 0.350. The zero-order valence-electron chi connectivity index (χ0n) is 15.2. The number of carbonyl (C=O) groups excluding carboxylic acids is 2. The molecule has 2 aliphatic heterocycles. The van der Waals surface area contributed by atoms with Crippen LogP contribution in [0.15, 0.2) is 42.6 Å². The number of hydrogen-bond donors (Lipinski definition) is 1. The Morgan fingerprint density at radius 2 is 2.00 bits per heavy atom. The van der Waals surface area contributed by atoms with E-state index in [0.29, 0.717) is 37.1 Å². The number of nitrogens with zero attached hydrogens (tertiary/aromatic N) is 3. The van der Waals surface area contributed by atoms with Crippen LogP contribution in [0.5, 0.6) is 0 Å². The van der Waals surface area contributed by atoms with Crippen molar-refractivity contribution in [3.8, 4) is 0 Å². The highest BCUT2D eigenvalue weighted by atomic mass is 35.5. The Balaban J connectivity index is 1.48. The molecular formula is C20H20ClFN4O2. The van der Waals surface area contributed by atoms with Gasteiger partial charge in [0.05, 0.1) is 18.8 Å². The Hall–Kier alpha value is -2.51. The van der Waals surface area contributed by atoms with Gasteiger partial charge in [0.25, 0.3) is 5.91 Å². The summed E-state index contributed by atoms with van der Waals surface area (Å²) < 4.78 is 14.1. The van der Waals surface area contributed by atoms with Crippen molar-refractivity contribution < 1.29 is 14.0 Å². The average molecular weight is 403 g/mol. The Morgan fingerprint density at radius 1 is 1.25 bits per heavy atom. The third-order valence-electron chi connectivity index (χ3n) is 5.52. The van der Waals surface area contributed by atoms with Crippen molar-refractivity contribution in [2.75, 3.05) is 19.6 Å². The minimum Gasteiger partial charge on any atom is -0.338 e. The van der Waals surface area contributed by atoms with E-state index in [0.717, 1.165) is 0 Å². The number of halogens is 2. The summed E-state index contributed by atoms with van der Waals surface area (Å²) in [5.74, 6) is -0.479. The number of rotatable bonds is 3. The highest BCUT2D eigenvalue weighted by Gasteiger charge is 2.47. The quantitative estimate of drug-likeness (QED) is 0.801. The van der Waals surface area contributed by atoms with Crippen LogP contribution in [-0.2, 0) is 11.3 Å². The minimum absolute atomic E-state index is 0.0519. The molecule has 1 spiro atoms. The van der Waals surface area contributed by atoms with Crippen molar-refractivity contribution in [3.05, 3.63) is 64.7 Å². The first-order chi connectivity index (χ1) is 13.5. The first-order valence-corrected chi connectivity index (χ1v) is 9.56. The summed E-state index contributed by atoms with van der Waals surface area (Å²) in [4.78, 5) is 32.6. The monoisotopic (exact) mass is 402 g/mol. The van der Waals surface area contributed by atoms with Gasteiger partial charge in [-0.2, -0.15) is 0 Å². The van der Waals surface area contributed by atoms with Crippen LogP contribution in [-0.4, -0.2) is 51.9 Å². The molecule has 1 aromatic heterocycles. The van der Waals surface area contributed by atoms with E-state index in [2.05, 4.69) is 10.3 Å². The van der Waals surface area contributed by atoms with Crippen LogP contribution >= 0.6 is 11.6 Å². The number of carbonyl (C=O) groups is 2. The summed E-state index contributed by atoms with van der Waals surface area (Å²) in [6.45, 7) is 1.43. The number of benzene rings is 1. The van der Waals surface area contributed by atoms with Crippen molar-refractivity contribution in [1.82, 2.24) is 20.1 Å². The molecule has 4 rings (SSSR count). The van der Waals surface area contributed by atoms with Crippen LogP contribution in [0.25, 0.3) is 0 Å². The third kappa shape index (κ3) is 3.47. The van der Waals surface area contributed by atoms with Gasteiger partial charge in [0.2, 0.25) is 5.91 Å². The molecular weight excluding hydrogens is 383 g/mol. The maximum absolute atomic E-state index is 14.1. The molecule has 0 aliphatic carbocycles. The van der Waals surface area contributed by atoms with Gasteiger partial charge in [-0.3, -0.25) is 14.9 Å². The second-order valence-corrected chi connectivity index (χ2v) is 7.50. The maximum atomic E-state index is 14.1. The van der Waals surface area contributed by atoms with Gasteiger partial charge in [-0.05, 0) is 18.2 Å². The highest BCUT2D eigenvalue weighted by Crippen LogP contribution is 2.32. The van der Waals surface area contributed by atoms with Crippen LogP contribution in [0.1, 0.15) is 28.8 Å². The summed E-state index contributed by atoms with van der Waals surface area (Å²) in [6, 6.07) is 9.68. The van der Waals surface area contributed by atoms with Gasteiger partial charge >= 0.3 is 0 Å². The van der Waals surface area contributed by atoms with E-state index in [1.54, 1.807) is 40.1 Å². The van der Waals surface area contributed by atoms with E-state index in [1.165, 1.54) is 12.3 Å². The highest BCUT2D eigenvalue weighted by molar-refractivity contribution is 6.29. The fourth-order valence-corrected chi connectivity index (χ4v) is 4.12. The third-order valence-corrected chi connectivity index (χ3v) is 5.73. The molecule has 146 valence electrons. The van der Waals surface area contributed by atoms with Crippen molar-refractivity contribution in [3.63, 3.8) is 0 Å². The molecule has 8 heteroatoms. The topological polar surface area (TPSA) is 65.5 Å². The molecule has 0 atom stereocenters. The van der Waals surface area contributed by atoms with Gasteiger partial charge in [0, 0.05) is 43.3 Å². The summed E-state index contributed by atoms with van der Waals surface area (Å²) in [5, 5.41) is 3.58. The largest absolute Gasteiger partial charge is 0.338 e. The normalized spacial score (nSPS) is 18.7. The molecule has 0 radical (unpaired) electrons. The van der Waals surface area contributed by atoms with Crippen molar-refractivity contribution in [1.29, 1.82) is 0 Å².